The van der Waals surface area contributed by atoms with Gasteiger partial charge in [0.1, 0.15) is 16.7 Å². The second-order valence-corrected chi connectivity index (χ2v) is 8.59. The van der Waals surface area contributed by atoms with Crippen LogP contribution >= 0.6 is 11.6 Å². The molecular weight excluding hydrogens is 409 g/mol. The SMILES string of the molecule is [11CH3]Oc1c(F)ccc(F)c1C1CCN(c2ccn3c(CC4CC4)nnc3c2Cl)CC1. The number of piperidine rings is 1. The number of benzene rings is 1. The molecule has 158 valence electrons. The zero-order valence-corrected chi connectivity index (χ0v) is 17.5. The Balaban J connectivity index is 1.36. The van der Waals surface area contributed by atoms with Crippen LogP contribution in [0, 0.1) is 17.6 Å². The fourth-order valence-electron chi connectivity index (χ4n) is 4.47. The second kappa shape index (κ2) is 7.69. The topological polar surface area (TPSA) is 42.7 Å². The first-order valence-corrected chi connectivity index (χ1v) is 10.7. The molecule has 1 saturated carbocycles. The third-order valence-electron chi connectivity index (χ3n) is 6.28. The van der Waals surface area contributed by atoms with Gasteiger partial charge in [0, 0.05) is 31.3 Å². The molecule has 8 heteroatoms. The molecule has 0 unspecified atom stereocenters. The molecule has 3 heterocycles. The molecule has 1 saturated heterocycles. The first-order valence-electron chi connectivity index (χ1n) is 10.4. The summed E-state index contributed by atoms with van der Waals surface area (Å²) >= 11 is 6.69. The number of hydrogen-bond donors (Lipinski definition) is 0. The average Bonchev–Trinajstić information content (AvgIpc) is 3.48. The highest BCUT2D eigenvalue weighted by molar-refractivity contribution is 6.36. The number of aromatic nitrogens is 3. The van der Waals surface area contributed by atoms with E-state index >= 15 is 0 Å². The highest BCUT2D eigenvalue weighted by Crippen LogP contribution is 2.40. The predicted molar refractivity (Wildman–Crippen MR) is 112 cm³/mol. The van der Waals surface area contributed by atoms with Crippen molar-refractivity contribution in [2.24, 2.45) is 5.92 Å². The number of halogens is 3. The lowest BCUT2D eigenvalue weighted by atomic mass is 9.88. The van der Waals surface area contributed by atoms with Crippen LogP contribution in [0.4, 0.5) is 14.5 Å². The normalized spacial score (nSPS) is 17.7. The van der Waals surface area contributed by atoms with Gasteiger partial charge in [0.05, 0.1) is 12.8 Å². The molecule has 0 spiro atoms. The minimum atomic E-state index is -0.529. The van der Waals surface area contributed by atoms with E-state index in [1.165, 1.54) is 26.0 Å². The zero-order valence-electron chi connectivity index (χ0n) is 16.7. The van der Waals surface area contributed by atoms with Gasteiger partial charge in [-0.15, -0.1) is 10.2 Å². The van der Waals surface area contributed by atoms with E-state index in [4.69, 9.17) is 16.3 Å². The van der Waals surface area contributed by atoms with Crippen molar-refractivity contribution < 1.29 is 13.5 Å². The Morgan fingerprint density at radius 3 is 2.50 bits per heavy atom. The van der Waals surface area contributed by atoms with Crippen molar-refractivity contribution in [1.29, 1.82) is 0 Å². The maximum Gasteiger partial charge on any atom is 0.181 e. The number of fused-ring (bicyclic) bond motifs is 1. The van der Waals surface area contributed by atoms with Gasteiger partial charge in [-0.25, -0.2) is 8.78 Å². The monoisotopic (exact) mass is 431 g/mol. The van der Waals surface area contributed by atoms with Crippen molar-refractivity contribution in [3.63, 3.8) is 0 Å². The quantitative estimate of drug-likeness (QED) is 0.569. The van der Waals surface area contributed by atoms with Gasteiger partial charge in [-0.05, 0) is 55.7 Å². The molecule has 1 aliphatic carbocycles. The summed E-state index contributed by atoms with van der Waals surface area (Å²) in [6.45, 7) is 1.37. The second-order valence-electron chi connectivity index (χ2n) is 8.21. The van der Waals surface area contributed by atoms with Crippen LogP contribution in [0.3, 0.4) is 0 Å². The third-order valence-corrected chi connectivity index (χ3v) is 6.64. The molecule has 0 radical (unpaired) electrons. The van der Waals surface area contributed by atoms with Crippen LogP contribution in [0.5, 0.6) is 5.75 Å². The number of anilines is 1. The summed E-state index contributed by atoms with van der Waals surface area (Å²) in [5.41, 5.74) is 1.91. The van der Waals surface area contributed by atoms with Crippen molar-refractivity contribution in [3.8, 4) is 5.75 Å². The highest BCUT2D eigenvalue weighted by atomic mass is 35.5. The maximum atomic E-state index is 14.5. The first kappa shape index (κ1) is 19.5. The Labute approximate surface area is 178 Å². The molecule has 1 aromatic carbocycles. The van der Waals surface area contributed by atoms with E-state index in [-0.39, 0.29) is 11.7 Å². The van der Waals surface area contributed by atoms with Gasteiger partial charge in [0.25, 0.3) is 0 Å². The van der Waals surface area contributed by atoms with E-state index in [0.717, 1.165) is 29.9 Å². The first-order chi connectivity index (χ1) is 14.6. The molecule has 0 N–H and O–H groups in total. The molecule has 5 rings (SSSR count). The van der Waals surface area contributed by atoms with Crippen molar-refractivity contribution in [2.45, 2.75) is 38.0 Å². The molecule has 2 aromatic heterocycles. The van der Waals surface area contributed by atoms with Gasteiger partial charge < -0.3 is 9.64 Å². The highest BCUT2D eigenvalue weighted by Gasteiger charge is 2.29. The Bertz CT molecular complexity index is 1090. The van der Waals surface area contributed by atoms with Gasteiger partial charge in [-0.1, -0.05) is 11.6 Å². The predicted octanol–water partition coefficient (Wildman–Crippen LogP) is 5.01. The third kappa shape index (κ3) is 3.39. The number of methoxy groups -OCH3 is 1. The fourth-order valence-corrected chi connectivity index (χ4v) is 4.78. The number of nitrogens with zero attached hydrogens (tertiary/aromatic N) is 4. The molecule has 5 nitrogen and oxygen atoms in total. The minimum Gasteiger partial charge on any atom is -0.493 e. The fraction of sp³-hybridized carbons (Fsp3) is 0.455. The van der Waals surface area contributed by atoms with Gasteiger partial charge in [0.15, 0.2) is 17.2 Å². The van der Waals surface area contributed by atoms with Crippen LogP contribution in [0.15, 0.2) is 24.4 Å². The summed E-state index contributed by atoms with van der Waals surface area (Å²) in [7, 11) is 1.38. The number of ether oxygens (including phenoxy) is 1. The van der Waals surface area contributed by atoms with Gasteiger partial charge >= 0.3 is 0 Å². The number of hydrogen-bond acceptors (Lipinski definition) is 4. The van der Waals surface area contributed by atoms with Gasteiger partial charge in [-0.2, -0.15) is 0 Å². The molecule has 30 heavy (non-hydrogen) atoms. The van der Waals surface area contributed by atoms with E-state index in [1.807, 2.05) is 16.7 Å². The van der Waals surface area contributed by atoms with E-state index < -0.39 is 11.6 Å². The van der Waals surface area contributed by atoms with Crippen molar-refractivity contribution in [1.82, 2.24) is 14.6 Å². The molecule has 3 aromatic rings. The Morgan fingerprint density at radius 2 is 1.80 bits per heavy atom. The molecule has 0 atom stereocenters. The van der Waals surface area contributed by atoms with Gasteiger partial charge in [-0.3, -0.25) is 4.40 Å². The lowest BCUT2D eigenvalue weighted by Crippen LogP contribution is -2.33. The standard InChI is InChI=1S/C22H23ClF2N4O/c1-30-21-16(25)5-4-15(24)19(21)14-6-9-28(10-7-14)17-8-11-29-18(12-13-2-3-13)26-27-22(29)20(17)23/h4-5,8,11,13-14H,2-3,6-7,9-10,12H2,1H3/i1-1. The number of rotatable bonds is 5. The Hall–Kier alpha value is -2.41. The minimum absolute atomic E-state index is 0.0135. The van der Waals surface area contributed by atoms with Crippen LogP contribution in [0.25, 0.3) is 5.65 Å². The zero-order chi connectivity index (χ0) is 20.8. The molecule has 0 amide bonds. The molecule has 2 aliphatic rings. The van der Waals surface area contributed by atoms with Crippen LogP contribution in [0.1, 0.15) is 43.0 Å². The van der Waals surface area contributed by atoms with Crippen LogP contribution in [-0.2, 0) is 6.42 Å². The molecule has 2 fully saturated rings. The summed E-state index contributed by atoms with van der Waals surface area (Å²) in [5.74, 6) is 0.632. The Kier molecular flexibility index (Phi) is 5.01. The summed E-state index contributed by atoms with van der Waals surface area (Å²) in [6, 6.07) is 4.28. The van der Waals surface area contributed by atoms with Gasteiger partial charge in [0.2, 0.25) is 0 Å². The maximum absolute atomic E-state index is 14.5. The van der Waals surface area contributed by atoms with Crippen molar-refractivity contribution >= 4 is 22.9 Å². The van der Waals surface area contributed by atoms with E-state index in [9.17, 15) is 8.78 Å². The summed E-state index contributed by atoms with van der Waals surface area (Å²) in [5, 5.41) is 9.22. The van der Waals surface area contributed by atoms with E-state index in [1.54, 1.807) is 0 Å². The van der Waals surface area contributed by atoms with Crippen LogP contribution in [0.2, 0.25) is 5.02 Å². The lowest BCUT2D eigenvalue weighted by Gasteiger charge is -2.34. The molecule has 0 bridgehead atoms. The Morgan fingerprint density at radius 1 is 1.07 bits per heavy atom. The van der Waals surface area contributed by atoms with Crippen molar-refractivity contribution in [2.75, 3.05) is 25.1 Å². The van der Waals surface area contributed by atoms with Crippen LogP contribution < -0.4 is 9.64 Å². The largest absolute Gasteiger partial charge is 0.493 e. The molecule has 1 aliphatic heterocycles. The van der Waals surface area contributed by atoms with Crippen molar-refractivity contribution in [3.05, 3.63) is 52.4 Å². The van der Waals surface area contributed by atoms with E-state index in [2.05, 4.69) is 15.1 Å². The average molecular weight is 432 g/mol. The summed E-state index contributed by atoms with van der Waals surface area (Å²) in [4.78, 5) is 2.18. The lowest BCUT2D eigenvalue weighted by molar-refractivity contribution is 0.363. The smallest absolute Gasteiger partial charge is 0.181 e. The summed E-state index contributed by atoms with van der Waals surface area (Å²) < 4.78 is 35.7. The van der Waals surface area contributed by atoms with E-state index in [0.29, 0.717) is 42.2 Å². The molecular formula is C22H23ClF2N4O. The summed E-state index contributed by atoms with van der Waals surface area (Å²) in [6.07, 6.45) is 6.79. The van der Waals surface area contributed by atoms with Crippen LogP contribution in [-0.4, -0.2) is 34.8 Å². The number of pyridine rings is 1.